The molecule has 0 atom stereocenters. The van der Waals surface area contributed by atoms with Gasteiger partial charge >= 0.3 is 0 Å². The van der Waals surface area contributed by atoms with E-state index in [-0.39, 0.29) is 34.1 Å². The molecule has 0 unspecified atom stereocenters. The molecular weight excluding hydrogens is 541 g/mol. The second-order valence-electron chi connectivity index (χ2n) is 12.1. The van der Waals surface area contributed by atoms with Gasteiger partial charge in [-0.25, -0.2) is 0 Å². The van der Waals surface area contributed by atoms with Gasteiger partial charge in [-0.15, -0.1) is 0 Å². The molecule has 1 aliphatic rings. The minimum atomic E-state index is -4.02. The normalized spacial score (nSPS) is 17.4. The molecule has 0 amide bonds. The highest BCUT2D eigenvalue weighted by atomic mass is 32.2. The maximum atomic E-state index is 12.9. The second-order valence-corrected chi connectivity index (χ2v) is 20.1. The third kappa shape index (κ3) is 7.76. The predicted molar refractivity (Wildman–Crippen MR) is 152 cm³/mol. The van der Waals surface area contributed by atoms with Gasteiger partial charge in [-0.3, -0.25) is 8.37 Å². The van der Waals surface area contributed by atoms with E-state index in [2.05, 4.69) is 33.9 Å². The first-order chi connectivity index (χ1) is 17.4. The molecule has 0 heterocycles. The van der Waals surface area contributed by atoms with Crippen LogP contribution in [0.3, 0.4) is 0 Å². The van der Waals surface area contributed by atoms with E-state index in [1.54, 1.807) is 24.3 Å². The van der Waals surface area contributed by atoms with Gasteiger partial charge < -0.3 is 4.43 Å². The van der Waals surface area contributed by atoms with Crippen LogP contribution >= 0.6 is 0 Å². The van der Waals surface area contributed by atoms with Crippen LogP contribution in [0.1, 0.15) is 57.6 Å². The molecule has 0 spiro atoms. The molecule has 0 saturated heterocycles. The van der Waals surface area contributed by atoms with Gasteiger partial charge in [0, 0.05) is 11.5 Å². The smallest absolute Gasteiger partial charge is 0.296 e. The van der Waals surface area contributed by atoms with Crippen LogP contribution in [0.5, 0.6) is 0 Å². The van der Waals surface area contributed by atoms with Gasteiger partial charge in [0.05, 0.1) is 23.0 Å². The van der Waals surface area contributed by atoms with Crippen molar-refractivity contribution in [3.05, 3.63) is 59.7 Å². The lowest BCUT2D eigenvalue weighted by Gasteiger charge is -2.44. The molecule has 0 radical (unpaired) electrons. The molecule has 212 valence electrons. The Bertz CT molecular complexity index is 1200. The molecule has 10 heteroatoms. The summed E-state index contributed by atoms with van der Waals surface area (Å²) >= 11 is 0. The molecule has 7 nitrogen and oxygen atoms in total. The molecule has 38 heavy (non-hydrogen) atoms. The van der Waals surface area contributed by atoms with Gasteiger partial charge in [-0.1, -0.05) is 56.2 Å². The summed E-state index contributed by atoms with van der Waals surface area (Å²) in [4.78, 5) is 0.141. The van der Waals surface area contributed by atoms with Gasteiger partial charge in [0.25, 0.3) is 20.2 Å². The summed E-state index contributed by atoms with van der Waals surface area (Å²) in [6.07, 6.45) is 2.44. The lowest BCUT2D eigenvalue weighted by atomic mass is 9.74. The summed E-state index contributed by atoms with van der Waals surface area (Å²) in [5.74, 6) is 0. The number of aryl methyl sites for hydroxylation is 2. The van der Waals surface area contributed by atoms with Crippen molar-refractivity contribution in [3.8, 4) is 0 Å². The van der Waals surface area contributed by atoms with Gasteiger partial charge in [0.1, 0.15) is 0 Å². The van der Waals surface area contributed by atoms with Crippen molar-refractivity contribution in [1.29, 1.82) is 0 Å². The van der Waals surface area contributed by atoms with E-state index in [9.17, 15) is 16.8 Å². The Balaban J connectivity index is 1.78. The van der Waals surface area contributed by atoms with Crippen LogP contribution in [0, 0.1) is 19.3 Å². The lowest BCUT2D eigenvalue weighted by molar-refractivity contribution is 0.00840. The zero-order valence-corrected chi connectivity index (χ0v) is 26.2. The summed E-state index contributed by atoms with van der Waals surface area (Å²) in [5.41, 5.74) is 1.09. The van der Waals surface area contributed by atoms with Crippen LogP contribution in [0.2, 0.25) is 18.1 Å². The Kier molecular flexibility index (Phi) is 9.38. The molecule has 1 aliphatic carbocycles. The van der Waals surface area contributed by atoms with E-state index in [1.807, 2.05) is 13.8 Å². The molecule has 0 aliphatic heterocycles. The molecule has 2 aromatic rings. The molecule has 1 fully saturated rings. The Morgan fingerprint density at radius 2 is 1.13 bits per heavy atom. The van der Waals surface area contributed by atoms with Gasteiger partial charge in [0.2, 0.25) is 0 Å². The van der Waals surface area contributed by atoms with Crippen LogP contribution < -0.4 is 0 Å². The Hall–Kier alpha value is -1.56. The average Bonchev–Trinajstić information content (AvgIpc) is 2.83. The van der Waals surface area contributed by atoms with E-state index in [0.717, 1.165) is 11.1 Å². The topological polar surface area (TPSA) is 96.0 Å². The summed E-state index contributed by atoms with van der Waals surface area (Å²) in [6.45, 7) is 14.4. The molecule has 1 saturated carbocycles. The minimum Gasteiger partial charge on any atom is -0.414 e. The number of rotatable bonds is 10. The van der Waals surface area contributed by atoms with E-state index in [1.165, 1.54) is 24.3 Å². The van der Waals surface area contributed by atoms with E-state index < -0.39 is 34.0 Å². The Morgan fingerprint density at radius 3 is 1.47 bits per heavy atom. The molecule has 0 aromatic heterocycles. The quantitative estimate of drug-likeness (QED) is 0.237. The van der Waals surface area contributed by atoms with E-state index >= 15 is 0 Å². The highest BCUT2D eigenvalue weighted by Gasteiger charge is 2.43. The monoisotopic (exact) mass is 582 g/mol. The lowest BCUT2D eigenvalue weighted by Crippen LogP contribution is -2.47. The largest absolute Gasteiger partial charge is 0.414 e. The average molecular weight is 583 g/mol. The first-order valence-electron chi connectivity index (χ1n) is 13.0. The van der Waals surface area contributed by atoms with Crippen LogP contribution in [0.15, 0.2) is 58.3 Å². The summed E-state index contributed by atoms with van der Waals surface area (Å²) in [6, 6.07) is 12.9. The van der Waals surface area contributed by atoms with E-state index in [4.69, 9.17) is 12.8 Å². The van der Waals surface area contributed by atoms with Gasteiger partial charge in [-0.05, 0) is 81.9 Å². The maximum Gasteiger partial charge on any atom is 0.296 e. The highest BCUT2D eigenvalue weighted by Crippen LogP contribution is 2.43. The first kappa shape index (κ1) is 31.0. The summed E-state index contributed by atoms with van der Waals surface area (Å²) in [5, 5.41) is 0.0675. The van der Waals surface area contributed by atoms with Crippen molar-refractivity contribution in [3.63, 3.8) is 0 Å². The SMILES string of the molecule is Cc1ccc(S(=O)(=O)OCC2(COS(=O)(=O)c3ccc(C)cc3)CCC(O[Si](C)(C)C(C)(C)C)CC2)cc1. The Morgan fingerprint density at radius 1 is 0.763 bits per heavy atom. The third-order valence-corrected chi connectivity index (χ3v) is 15.0. The zero-order chi connectivity index (χ0) is 28.4. The van der Waals surface area contributed by atoms with Crippen molar-refractivity contribution < 1.29 is 29.6 Å². The van der Waals surface area contributed by atoms with Crippen molar-refractivity contribution in [1.82, 2.24) is 0 Å². The Labute approximate surface area is 230 Å². The van der Waals surface area contributed by atoms with Gasteiger partial charge in [0.15, 0.2) is 8.32 Å². The van der Waals surface area contributed by atoms with E-state index in [0.29, 0.717) is 25.7 Å². The molecule has 0 N–H and O–H groups in total. The van der Waals surface area contributed by atoms with Crippen LogP contribution in [0.4, 0.5) is 0 Å². The molecule has 0 bridgehead atoms. The van der Waals surface area contributed by atoms with Crippen LogP contribution in [-0.2, 0) is 33.0 Å². The van der Waals surface area contributed by atoms with Crippen LogP contribution in [0.25, 0.3) is 0 Å². The first-order valence-corrected chi connectivity index (χ1v) is 18.8. The molecule has 2 aromatic carbocycles. The predicted octanol–water partition coefficient (Wildman–Crippen LogP) is 6.37. The fraction of sp³-hybridized carbons (Fsp3) is 0.571. The van der Waals surface area contributed by atoms with Crippen molar-refractivity contribution in [2.75, 3.05) is 13.2 Å². The summed E-state index contributed by atoms with van der Waals surface area (Å²) < 4.78 is 69.5. The summed E-state index contributed by atoms with van der Waals surface area (Å²) in [7, 11) is -10.0. The number of benzene rings is 2. The standard InChI is InChI=1S/C28H42O7S2Si/c1-22-8-12-25(13-9-22)36(29,30)33-20-28(21-34-37(31,32)26-14-10-23(2)11-15-26)18-16-24(17-19-28)35-38(6,7)27(3,4)5/h8-15,24H,16-21H2,1-7H3. The van der Waals surface area contributed by atoms with Gasteiger partial charge in [-0.2, -0.15) is 16.8 Å². The molecular formula is C28H42O7S2Si. The maximum absolute atomic E-state index is 12.9. The van der Waals surface area contributed by atoms with Crippen LogP contribution in [-0.4, -0.2) is 44.5 Å². The number of hydrogen-bond acceptors (Lipinski definition) is 7. The van der Waals surface area contributed by atoms with Crippen molar-refractivity contribution in [2.24, 2.45) is 5.41 Å². The molecule has 3 rings (SSSR count). The minimum absolute atomic E-state index is 0.0337. The number of hydrogen-bond donors (Lipinski definition) is 0. The van der Waals surface area contributed by atoms with Crippen molar-refractivity contribution >= 4 is 28.6 Å². The third-order valence-electron chi connectivity index (χ3n) is 7.92. The van der Waals surface area contributed by atoms with Crippen molar-refractivity contribution in [2.45, 2.75) is 94.3 Å². The fourth-order valence-electron chi connectivity index (χ4n) is 4.20. The second kappa shape index (κ2) is 11.5. The fourth-order valence-corrected chi connectivity index (χ4v) is 7.64. The zero-order valence-electron chi connectivity index (χ0n) is 23.6. The highest BCUT2D eigenvalue weighted by molar-refractivity contribution is 7.87.